The average Bonchev–Trinajstić information content (AvgIpc) is 2.05. The van der Waals surface area contributed by atoms with E-state index < -0.39 is 16.4 Å². The van der Waals surface area contributed by atoms with Gasteiger partial charge in [-0.2, -0.15) is 8.78 Å². The van der Waals surface area contributed by atoms with Crippen molar-refractivity contribution in [1.29, 1.82) is 0 Å². The summed E-state index contributed by atoms with van der Waals surface area (Å²) in [5.74, 6) is 0.600. The first-order valence-electron chi connectivity index (χ1n) is 3.82. The van der Waals surface area contributed by atoms with Gasteiger partial charge in [-0.25, -0.2) is 8.42 Å². The number of nitrogens with zero attached hydrogens (tertiary/aromatic N) is 1. The molecule has 0 aliphatic rings. The predicted octanol–water partition coefficient (Wildman–Crippen LogP) is 1.24. The number of pyridine rings is 1. The second-order valence-corrected chi connectivity index (χ2v) is 4.63. The maximum absolute atomic E-state index is 11.9. The zero-order chi connectivity index (χ0) is 11.5. The van der Waals surface area contributed by atoms with Crippen molar-refractivity contribution >= 4 is 9.84 Å². The van der Waals surface area contributed by atoms with Crippen molar-refractivity contribution in [3.05, 3.63) is 29.8 Å². The molecule has 0 amide bonds. The Balaban J connectivity index is 2.96. The normalized spacial score (nSPS) is 11.7. The highest BCUT2D eigenvalue weighted by Gasteiger charge is 2.14. The van der Waals surface area contributed by atoms with Gasteiger partial charge < -0.3 is 4.74 Å². The van der Waals surface area contributed by atoms with Crippen molar-refractivity contribution in [1.82, 2.24) is 4.98 Å². The molecule has 0 aliphatic heterocycles. The van der Waals surface area contributed by atoms with E-state index in [2.05, 4.69) is 9.72 Å². The fraction of sp³-hybridized carbons (Fsp3) is 0.250. The van der Waals surface area contributed by atoms with Gasteiger partial charge >= 0.3 is 6.61 Å². The van der Waals surface area contributed by atoms with Crippen LogP contribution >= 0.6 is 0 Å². The molecule has 1 heterocycles. The van der Waals surface area contributed by atoms with Crippen LogP contribution in [0.3, 0.4) is 0 Å². The van der Waals surface area contributed by atoms with Gasteiger partial charge in [-0.3, -0.25) is 4.98 Å². The van der Waals surface area contributed by atoms with E-state index in [9.17, 15) is 17.2 Å². The molecule has 0 atom stereocenters. The second-order valence-electron chi connectivity index (χ2n) is 2.74. The van der Waals surface area contributed by atoms with E-state index in [1.165, 1.54) is 12.3 Å². The Bertz CT molecular complexity index is 433. The third-order valence-electron chi connectivity index (χ3n) is 1.37. The van der Waals surface area contributed by atoms with Gasteiger partial charge in [0, 0.05) is 24.2 Å². The summed E-state index contributed by atoms with van der Waals surface area (Å²) < 4.78 is 49.8. The third-order valence-corrected chi connectivity index (χ3v) is 2.05. The molecule has 1 radical (unpaired) electrons. The number of ether oxygens (including phenoxy) is 1. The molecular weight excluding hydrogens is 228 g/mol. The Morgan fingerprint density at radius 3 is 2.73 bits per heavy atom. The van der Waals surface area contributed by atoms with Crippen LogP contribution < -0.4 is 4.74 Å². The zero-order valence-electron chi connectivity index (χ0n) is 7.72. The minimum Gasteiger partial charge on any atom is -0.434 e. The summed E-state index contributed by atoms with van der Waals surface area (Å²) in [4.78, 5) is 3.62. The number of hydrogen-bond donors (Lipinski definition) is 0. The molecule has 83 valence electrons. The molecule has 0 fully saturated rings. The van der Waals surface area contributed by atoms with Crippen LogP contribution in [0, 0.1) is 5.75 Å². The highest BCUT2D eigenvalue weighted by Crippen LogP contribution is 2.22. The van der Waals surface area contributed by atoms with Crippen LogP contribution in [0.25, 0.3) is 0 Å². The molecule has 0 bridgehead atoms. The number of sulfone groups is 1. The Kier molecular flexibility index (Phi) is 3.57. The summed E-state index contributed by atoms with van der Waals surface area (Å²) in [5.41, 5.74) is 0.000278. The van der Waals surface area contributed by atoms with E-state index in [0.29, 0.717) is 0 Å². The lowest BCUT2D eigenvalue weighted by Gasteiger charge is -2.08. The minimum absolute atomic E-state index is 0.000278. The van der Waals surface area contributed by atoms with Crippen LogP contribution in [0.15, 0.2) is 18.5 Å². The van der Waals surface area contributed by atoms with Crippen molar-refractivity contribution < 1.29 is 21.9 Å². The molecule has 0 saturated carbocycles. The molecule has 0 unspecified atom stereocenters. The van der Waals surface area contributed by atoms with Gasteiger partial charge in [-0.05, 0) is 6.07 Å². The summed E-state index contributed by atoms with van der Waals surface area (Å²) >= 11 is 0. The Morgan fingerprint density at radius 1 is 1.53 bits per heavy atom. The van der Waals surface area contributed by atoms with Crippen molar-refractivity contribution in [2.75, 3.05) is 6.26 Å². The van der Waals surface area contributed by atoms with Gasteiger partial charge in [0.1, 0.15) is 11.5 Å². The Labute approximate surface area is 85.8 Å². The highest BCUT2D eigenvalue weighted by molar-refractivity contribution is 7.92. The van der Waals surface area contributed by atoms with E-state index in [-0.39, 0.29) is 11.3 Å². The van der Waals surface area contributed by atoms with E-state index >= 15 is 0 Å². The van der Waals surface area contributed by atoms with Crippen molar-refractivity contribution in [3.8, 4) is 5.75 Å². The van der Waals surface area contributed by atoms with Gasteiger partial charge in [-0.1, -0.05) is 0 Å². The fourth-order valence-corrected chi connectivity index (χ4v) is 1.55. The summed E-state index contributed by atoms with van der Waals surface area (Å²) in [6.45, 7) is -3.00. The molecule has 0 aliphatic carbocycles. The Hall–Kier alpha value is -1.24. The molecule has 4 nitrogen and oxygen atoms in total. The van der Waals surface area contributed by atoms with Gasteiger partial charge in [-0.15, -0.1) is 0 Å². The second kappa shape index (κ2) is 4.52. The van der Waals surface area contributed by atoms with Gasteiger partial charge in [0.2, 0.25) is 0 Å². The number of aromatic nitrogens is 1. The number of alkyl halides is 2. The van der Waals surface area contributed by atoms with Crippen molar-refractivity contribution in [2.24, 2.45) is 0 Å². The van der Waals surface area contributed by atoms with Crippen LogP contribution in [0.2, 0.25) is 0 Å². The molecule has 7 heteroatoms. The molecule has 0 saturated heterocycles. The molecule has 0 N–H and O–H groups in total. The SMILES string of the molecule is CS(=O)(=O)[CH]c1cnccc1OC(F)F. The minimum atomic E-state index is -3.43. The van der Waals surface area contributed by atoms with Crippen LogP contribution in [-0.2, 0) is 9.84 Å². The predicted molar refractivity (Wildman–Crippen MR) is 49.1 cm³/mol. The van der Waals surface area contributed by atoms with Crippen LogP contribution in [0.4, 0.5) is 8.78 Å². The fourth-order valence-electron chi connectivity index (χ4n) is 0.916. The summed E-state index contributed by atoms with van der Waals surface area (Å²) in [7, 11) is -3.43. The lowest BCUT2D eigenvalue weighted by Crippen LogP contribution is -2.06. The first-order valence-corrected chi connectivity index (χ1v) is 5.77. The maximum Gasteiger partial charge on any atom is 0.387 e. The monoisotopic (exact) mass is 236 g/mol. The number of hydrogen-bond acceptors (Lipinski definition) is 4. The Morgan fingerprint density at radius 2 is 2.20 bits per heavy atom. The molecule has 1 aromatic heterocycles. The average molecular weight is 236 g/mol. The van der Waals surface area contributed by atoms with Gasteiger partial charge in [0.05, 0.1) is 0 Å². The largest absolute Gasteiger partial charge is 0.434 e. The van der Waals surface area contributed by atoms with Gasteiger partial charge in [0.25, 0.3) is 0 Å². The first-order chi connectivity index (χ1) is 6.88. The van der Waals surface area contributed by atoms with E-state index in [4.69, 9.17) is 0 Å². The highest BCUT2D eigenvalue weighted by atomic mass is 32.2. The first kappa shape index (κ1) is 11.8. The zero-order valence-corrected chi connectivity index (χ0v) is 8.54. The van der Waals surface area contributed by atoms with Crippen LogP contribution in [0.5, 0.6) is 5.75 Å². The molecule has 1 rings (SSSR count). The van der Waals surface area contributed by atoms with E-state index in [1.54, 1.807) is 0 Å². The summed E-state index contributed by atoms with van der Waals surface area (Å²) in [5, 5.41) is 0. The maximum atomic E-state index is 11.9. The van der Waals surface area contributed by atoms with Gasteiger partial charge in [0.15, 0.2) is 9.84 Å². The van der Waals surface area contributed by atoms with Crippen molar-refractivity contribution in [2.45, 2.75) is 6.61 Å². The summed E-state index contributed by atoms with van der Waals surface area (Å²) in [6.07, 6.45) is 3.32. The molecule has 0 spiro atoms. The topological polar surface area (TPSA) is 56.3 Å². The number of halogens is 2. The molecule has 15 heavy (non-hydrogen) atoms. The molecular formula is C8H8F2NO3S. The number of rotatable bonds is 4. The van der Waals surface area contributed by atoms with Crippen LogP contribution in [0.1, 0.15) is 5.56 Å². The van der Waals surface area contributed by atoms with Crippen molar-refractivity contribution in [3.63, 3.8) is 0 Å². The standard InChI is InChI=1S/C8H8F2NO3S/c1-15(12,13)5-6-4-11-3-2-7(6)14-8(9)10/h2-5,8H,1H3. The van der Waals surface area contributed by atoms with E-state index in [0.717, 1.165) is 18.2 Å². The lowest BCUT2D eigenvalue weighted by molar-refractivity contribution is -0.0501. The molecule has 1 aromatic rings. The third kappa shape index (κ3) is 4.20. The molecule has 0 aromatic carbocycles. The smallest absolute Gasteiger partial charge is 0.387 e. The lowest BCUT2D eigenvalue weighted by atomic mass is 10.3. The quantitative estimate of drug-likeness (QED) is 0.789. The van der Waals surface area contributed by atoms with E-state index in [1.807, 2.05) is 0 Å². The van der Waals surface area contributed by atoms with Crippen LogP contribution in [-0.4, -0.2) is 26.3 Å². The summed E-state index contributed by atoms with van der Waals surface area (Å²) in [6, 6.07) is 1.17.